The van der Waals surface area contributed by atoms with Crippen LogP contribution in [0, 0.1) is 13.8 Å². The number of ether oxygens (including phenoxy) is 1. The van der Waals surface area contributed by atoms with Crippen molar-refractivity contribution in [2.75, 3.05) is 0 Å². The van der Waals surface area contributed by atoms with Gasteiger partial charge in [0.15, 0.2) is 0 Å². The molecule has 3 heteroatoms. The lowest BCUT2D eigenvalue weighted by molar-refractivity contribution is 0.0472. The summed E-state index contributed by atoms with van der Waals surface area (Å²) in [6, 6.07) is 12.4. The normalized spacial score (nSPS) is 14.2. The molecule has 1 aromatic heterocycles. The number of fused-ring (bicyclic) bond motifs is 2. The van der Waals surface area contributed by atoms with Crippen LogP contribution in [-0.4, -0.2) is 11.0 Å². The molecule has 2 aromatic carbocycles. The maximum Gasteiger partial charge on any atom is 0.339 e. The lowest BCUT2D eigenvalue weighted by Crippen LogP contribution is -2.15. The first-order chi connectivity index (χ1) is 14.8. The van der Waals surface area contributed by atoms with Crippen LogP contribution in [0.2, 0.25) is 0 Å². The van der Waals surface area contributed by atoms with E-state index in [9.17, 15) is 4.79 Å². The van der Waals surface area contributed by atoms with Crippen LogP contribution in [0.4, 0.5) is 0 Å². The predicted octanol–water partition coefficient (Wildman–Crippen LogP) is 6.78. The van der Waals surface area contributed by atoms with E-state index in [1.54, 1.807) is 0 Å². The molecule has 0 aliphatic heterocycles. The summed E-state index contributed by atoms with van der Waals surface area (Å²) in [5.74, 6) is -0.226. The molecule has 3 aromatic rings. The van der Waals surface area contributed by atoms with E-state index < -0.39 is 0 Å². The van der Waals surface area contributed by atoms with Gasteiger partial charge in [-0.25, -0.2) is 4.79 Å². The predicted molar refractivity (Wildman–Crippen MR) is 127 cm³/mol. The van der Waals surface area contributed by atoms with Crippen molar-refractivity contribution in [3.63, 3.8) is 0 Å². The number of para-hydroxylation sites is 1. The molecule has 1 heterocycles. The first-order valence-corrected chi connectivity index (χ1v) is 11.4. The fourth-order valence-electron chi connectivity index (χ4n) is 4.65. The maximum atomic E-state index is 13.4. The molecule has 1 aliphatic carbocycles. The molecular formula is C28H33NO2. The van der Waals surface area contributed by atoms with Gasteiger partial charge in [0, 0.05) is 11.1 Å². The van der Waals surface area contributed by atoms with E-state index >= 15 is 0 Å². The standard InChI is InChI=1S/C28H33NO2/c1-18-15-20(28(3,4)5)16-19(2)23(18)17-31-27(30)26-21-11-7-6-8-13-24(21)29-25-14-10-9-12-22(25)26/h9-10,12,14-16H,6-8,11,13,17H2,1-5H3. The Labute approximate surface area is 185 Å². The number of aromatic nitrogens is 1. The van der Waals surface area contributed by atoms with Gasteiger partial charge < -0.3 is 4.74 Å². The van der Waals surface area contributed by atoms with E-state index in [2.05, 4.69) is 46.8 Å². The Kier molecular flexibility index (Phi) is 5.88. The lowest BCUT2D eigenvalue weighted by atomic mass is 9.84. The third-order valence-electron chi connectivity index (χ3n) is 6.53. The number of hydrogen-bond acceptors (Lipinski definition) is 3. The number of benzene rings is 2. The number of hydrogen-bond donors (Lipinski definition) is 0. The molecule has 0 radical (unpaired) electrons. The second-order valence-corrected chi connectivity index (χ2v) is 9.90. The highest BCUT2D eigenvalue weighted by Crippen LogP contribution is 2.31. The number of rotatable bonds is 3. The van der Waals surface area contributed by atoms with Crippen molar-refractivity contribution in [1.29, 1.82) is 0 Å². The highest BCUT2D eigenvalue weighted by atomic mass is 16.5. The van der Waals surface area contributed by atoms with E-state index in [-0.39, 0.29) is 11.4 Å². The van der Waals surface area contributed by atoms with Crippen molar-refractivity contribution in [2.45, 2.75) is 78.7 Å². The molecule has 0 bridgehead atoms. The first kappa shape index (κ1) is 21.5. The lowest BCUT2D eigenvalue weighted by Gasteiger charge is -2.22. The van der Waals surface area contributed by atoms with Crippen LogP contribution >= 0.6 is 0 Å². The zero-order valence-electron chi connectivity index (χ0n) is 19.5. The monoisotopic (exact) mass is 415 g/mol. The molecule has 162 valence electrons. The molecule has 0 fully saturated rings. The summed E-state index contributed by atoms with van der Waals surface area (Å²) >= 11 is 0. The molecule has 0 saturated heterocycles. The van der Waals surface area contributed by atoms with Crippen molar-refractivity contribution in [1.82, 2.24) is 4.98 Å². The minimum Gasteiger partial charge on any atom is -0.457 e. The average molecular weight is 416 g/mol. The van der Waals surface area contributed by atoms with Crippen LogP contribution in [0.15, 0.2) is 36.4 Å². The van der Waals surface area contributed by atoms with Gasteiger partial charge in [-0.15, -0.1) is 0 Å². The summed E-state index contributed by atoms with van der Waals surface area (Å²) in [5.41, 5.74) is 8.64. The van der Waals surface area contributed by atoms with Gasteiger partial charge in [-0.1, -0.05) is 57.5 Å². The third-order valence-corrected chi connectivity index (χ3v) is 6.53. The highest BCUT2D eigenvalue weighted by molar-refractivity contribution is 6.05. The minimum atomic E-state index is -0.226. The van der Waals surface area contributed by atoms with Crippen molar-refractivity contribution in [3.8, 4) is 0 Å². The summed E-state index contributed by atoms with van der Waals surface area (Å²) in [4.78, 5) is 18.3. The summed E-state index contributed by atoms with van der Waals surface area (Å²) in [6.07, 6.45) is 5.24. The number of aryl methyl sites for hydroxylation is 3. The van der Waals surface area contributed by atoms with Crippen LogP contribution < -0.4 is 0 Å². The van der Waals surface area contributed by atoms with Crippen LogP contribution in [-0.2, 0) is 29.6 Å². The van der Waals surface area contributed by atoms with Crippen LogP contribution in [0.3, 0.4) is 0 Å². The van der Waals surface area contributed by atoms with Gasteiger partial charge in [-0.2, -0.15) is 0 Å². The number of nitrogens with zero attached hydrogens (tertiary/aromatic N) is 1. The summed E-state index contributed by atoms with van der Waals surface area (Å²) in [5, 5.41) is 0.907. The molecule has 0 unspecified atom stereocenters. The van der Waals surface area contributed by atoms with Crippen LogP contribution in [0.25, 0.3) is 10.9 Å². The fourth-order valence-corrected chi connectivity index (χ4v) is 4.65. The van der Waals surface area contributed by atoms with Gasteiger partial charge in [0.25, 0.3) is 0 Å². The largest absolute Gasteiger partial charge is 0.457 e. The van der Waals surface area contributed by atoms with Gasteiger partial charge >= 0.3 is 5.97 Å². The Morgan fingerprint density at radius 2 is 1.68 bits per heavy atom. The van der Waals surface area contributed by atoms with Gasteiger partial charge in [0.1, 0.15) is 6.61 Å². The van der Waals surface area contributed by atoms with E-state index in [0.717, 1.165) is 59.0 Å². The molecule has 0 saturated carbocycles. The Morgan fingerprint density at radius 1 is 1.00 bits per heavy atom. The topological polar surface area (TPSA) is 39.2 Å². The van der Waals surface area contributed by atoms with Crippen LogP contribution in [0.1, 0.15) is 83.9 Å². The number of pyridine rings is 1. The Morgan fingerprint density at radius 3 is 2.39 bits per heavy atom. The Hall–Kier alpha value is -2.68. The quantitative estimate of drug-likeness (QED) is 0.350. The Bertz CT molecular complexity index is 1110. The summed E-state index contributed by atoms with van der Waals surface area (Å²) in [7, 11) is 0. The molecule has 0 atom stereocenters. The smallest absolute Gasteiger partial charge is 0.339 e. The maximum absolute atomic E-state index is 13.4. The second kappa shape index (κ2) is 8.45. The molecular weight excluding hydrogens is 382 g/mol. The SMILES string of the molecule is Cc1cc(C(C)(C)C)cc(C)c1COC(=O)c1c2c(nc3ccccc13)CCCCC2. The van der Waals surface area contributed by atoms with E-state index in [1.807, 2.05) is 24.3 Å². The molecule has 1 aliphatic rings. The van der Waals surface area contributed by atoms with Crippen molar-refractivity contribution in [2.24, 2.45) is 0 Å². The molecule has 0 spiro atoms. The summed E-state index contributed by atoms with van der Waals surface area (Å²) in [6.45, 7) is 11.2. The Balaban J connectivity index is 1.68. The van der Waals surface area contributed by atoms with Crippen molar-refractivity contribution >= 4 is 16.9 Å². The first-order valence-electron chi connectivity index (χ1n) is 11.4. The minimum absolute atomic E-state index is 0.0955. The zero-order chi connectivity index (χ0) is 22.2. The van der Waals surface area contributed by atoms with E-state index in [1.165, 1.54) is 23.1 Å². The number of carbonyl (C=O) groups is 1. The van der Waals surface area contributed by atoms with Gasteiger partial charge in [-0.05, 0) is 78.8 Å². The molecule has 3 nitrogen and oxygen atoms in total. The van der Waals surface area contributed by atoms with E-state index in [4.69, 9.17) is 9.72 Å². The second-order valence-electron chi connectivity index (χ2n) is 9.90. The average Bonchev–Trinajstić information content (AvgIpc) is 2.95. The molecule has 31 heavy (non-hydrogen) atoms. The fraction of sp³-hybridized carbons (Fsp3) is 0.429. The highest BCUT2D eigenvalue weighted by Gasteiger charge is 2.23. The van der Waals surface area contributed by atoms with Gasteiger partial charge in [-0.3, -0.25) is 4.98 Å². The van der Waals surface area contributed by atoms with Gasteiger partial charge in [0.05, 0.1) is 11.1 Å². The van der Waals surface area contributed by atoms with Crippen molar-refractivity contribution < 1.29 is 9.53 Å². The molecule has 4 rings (SSSR count). The van der Waals surface area contributed by atoms with Crippen LogP contribution in [0.5, 0.6) is 0 Å². The number of carbonyl (C=O) groups excluding carboxylic acids is 1. The number of esters is 1. The zero-order valence-corrected chi connectivity index (χ0v) is 19.5. The molecule has 0 N–H and O–H groups in total. The van der Waals surface area contributed by atoms with E-state index in [0.29, 0.717) is 6.61 Å². The molecule has 0 amide bonds. The third kappa shape index (κ3) is 4.37. The van der Waals surface area contributed by atoms with Crippen molar-refractivity contribution in [3.05, 3.63) is 75.5 Å². The summed E-state index contributed by atoms with van der Waals surface area (Å²) < 4.78 is 5.95. The van der Waals surface area contributed by atoms with Gasteiger partial charge in [0.2, 0.25) is 0 Å².